The summed E-state index contributed by atoms with van der Waals surface area (Å²) in [5.41, 5.74) is 0.662. The second-order valence-corrected chi connectivity index (χ2v) is 4.05. The first kappa shape index (κ1) is 14.5. The summed E-state index contributed by atoms with van der Waals surface area (Å²) in [5.74, 6) is -0.181. The zero-order valence-corrected chi connectivity index (χ0v) is 11.0. The van der Waals surface area contributed by atoms with Crippen molar-refractivity contribution >= 4 is 17.6 Å². The van der Waals surface area contributed by atoms with Gasteiger partial charge in [0, 0.05) is 11.4 Å². The molecule has 0 spiro atoms. The van der Waals surface area contributed by atoms with Gasteiger partial charge in [0.25, 0.3) is 0 Å². The number of aliphatic hydroxyl groups is 1. The molecule has 0 aliphatic rings. The van der Waals surface area contributed by atoms with Crippen molar-refractivity contribution in [2.24, 2.45) is 0 Å². The van der Waals surface area contributed by atoms with Crippen molar-refractivity contribution in [1.82, 2.24) is 0 Å². The molecular weight excluding hydrogens is 256 g/mol. The standard InChI is InChI=1S/C13H15ClO4/c1-17-11(8-13(16)18-2)7-12(15)9-4-3-5-10(14)6-9/h3-6,8,12,15H,7H2,1-2H3. The Kier molecular flexibility index (Phi) is 5.68. The third-order valence-corrected chi connectivity index (χ3v) is 2.61. The van der Waals surface area contributed by atoms with Crippen LogP contribution in [0.15, 0.2) is 36.1 Å². The molecule has 1 aromatic rings. The number of halogens is 1. The molecule has 0 heterocycles. The molecule has 1 atom stereocenters. The van der Waals surface area contributed by atoms with E-state index in [0.717, 1.165) is 0 Å². The fourth-order valence-corrected chi connectivity index (χ4v) is 1.61. The van der Waals surface area contributed by atoms with E-state index in [-0.39, 0.29) is 6.42 Å². The summed E-state index contributed by atoms with van der Waals surface area (Å²) in [4.78, 5) is 11.1. The smallest absolute Gasteiger partial charge is 0.333 e. The van der Waals surface area contributed by atoms with E-state index < -0.39 is 12.1 Å². The second-order valence-electron chi connectivity index (χ2n) is 3.61. The van der Waals surface area contributed by atoms with Crippen LogP contribution in [0, 0.1) is 0 Å². The van der Waals surface area contributed by atoms with Crippen LogP contribution in [0.3, 0.4) is 0 Å². The Balaban J connectivity index is 2.76. The molecule has 4 nitrogen and oxygen atoms in total. The van der Waals surface area contributed by atoms with Gasteiger partial charge in [0.2, 0.25) is 0 Å². The van der Waals surface area contributed by atoms with Crippen molar-refractivity contribution in [2.75, 3.05) is 14.2 Å². The first-order valence-electron chi connectivity index (χ1n) is 5.33. The summed E-state index contributed by atoms with van der Waals surface area (Å²) < 4.78 is 9.50. The van der Waals surface area contributed by atoms with Crippen molar-refractivity contribution in [3.63, 3.8) is 0 Å². The van der Waals surface area contributed by atoms with E-state index in [0.29, 0.717) is 16.3 Å². The number of carbonyl (C=O) groups is 1. The van der Waals surface area contributed by atoms with E-state index in [1.807, 2.05) is 0 Å². The number of esters is 1. The summed E-state index contributed by atoms with van der Waals surface area (Å²) in [6, 6.07) is 6.89. The van der Waals surface area contributed by atoms with E-state index in [4.69, 9.17) is 16.3 Å². The highest BCUT2D eigenvalue weighted by Crippen LogP contribution is 2.23. The van der Waals surface area contributed by atoms with Crippen LogP contribution < -0.4 is 0 Å². The number of ether oxygens (including phenoxy) is 2. The summed E-state index contributed by atoms with van der Waals surface area (Å²) >= 11 is 5.84. The lowest BCUT2D eigenvalue weighted by molar-refractivity contribution is -0.135. The van der Waals surface area contributed by atoms with Crippen LogP contribution in [0.5, 0.6) is 0 Å². The molecule has 0 saturated heterocycles. The van der Waals surface area contributed by atoms with E-state index in [1.54, 1.807) is 24.3 Å². The quantitative estimate of drug-likeness (QED) is 0.507. The van der Waals surface area contributed by atoms with Gasteiger partial charge in [-0.25, -0.2) is 4.79 Å². The molecule has 18 heavy (non-hydrogen) atoms. The van der Waals surface area contributed by atoms with E-state index >= 15 is 0 Å². The third-order valence-electron chi connectivity index (χ3n) is 2.37. The lowest BCUT2D eigenvalue weighted by atomic mass is 10.1. The van der Waals surface area contributed by atoms with E-state index in [9.17, 15) is 9.90 Å². The van der Waals surface area contributed by atoms with Gasteiger partial charge in [-0.1, -0.05) is 23.7 Å². The molecule has 1 N–H and O–H groups in total. The first-order valence-corrected chi connectivity index (χ1v) is 5.70. The highest BCUT2D eigenvalue weighted by Gasteiger charge is 2.12. The summed E-state index contributed by atoms with van der Waals surface area (Å²) in [5, 5.41) is 10.5. The maximum Gasteiger partial charge on any atom is 0.333 e. The zero-order valence-electron chi connectivity index (χ0n) is 10.2. The predicted octanol–water partition coefficient (Wildman–Crippen LogP) is 2.47. The molecule has 0 fully saturated rings. The fourth-order valence-electron chi connectivity index (χ4n) is 1.41. The Morgan fingerprint density at radius 1 is 1.44 bits per heavy atom. The van der Waals surface area contributed by atoms with Crippen LogP contribution in [0.4, 0.5) is 0 Å². The van der Waals surface area contributed by atoms with Crippen LogP contribution in [0.1, 0.15) is 18.1 Å². The van der Waals surface area contributed by atoms with Crippen LogP contribution in [0.25, 0.3) is 0 Å². The van der Waals surface area contributed by atoms with Crippen LogP contribution in [0.2, 0.25) is 5.02 Å². The number of hydrogen-bond acceptors (Lipinski definition) is 4. The molecule has 0 aromatic heterocycles. The SMILES string of the molecule is COC(=O)C=C(CC(O)c1cccc(Cl)c1)OC. The largest absolute Gasteiger partial charge is 0.501 e. The average molecular weight is 271 g/mol. The van der Waals surface area contributed by atoms with Gasteiger partial charge < -0.3 is 14.6 Å². The predicted molar refractivity (Wildman–Crippen MR) is 68.1 cm³/mol. The molecule has 0 amide bonds. The Morgan fingerprint density at radius 3 is 2.72 bits per heavy atom. The topological polar surface area (TPSA) is 55.8 Å². The molecule has 0 radical (unpaired) electrons. The number of hydrogen-bond donors (Lipinski definition) is 1. The molecule has 1 aromatic carbocycles. The van der Waals surface area contributed by atoms with Crippen molar-refractivity contribution in [1.29, 1.82) is 0 Å². The van der Waals surface area contributed by atoms with Gasteiger partial charge in [0.05, 0.1) is 26.4 Å². The first-order chi connectivity index (χ1) is 8.56. The minimum absolute atomic E-state index is 0.173. The zero-order chi connectivity index (χ0) is 13.5. The molecular formula is C13H15ClO4. The van der Waals surface area contributed by atoms with E-state index in [2.05, 4.69) is 4.74 Å². The molecule has 0 bridgehead atoms. The molecule has 0 aliphatic carbocycles. The van der Waals surface area contributed by atoms with Crippen LogP contribution in [-0.4, -0.2) is 25.3 Å². The van der Waals surface area contributed by atoms with Gasteiger partial charge in [-0.3, -0.25) is 0 Å². The lowest BCUT2D eigenvalue weighted by Gasteiger charge is -2.13. The number of aliphatic hydroxyl groups excluding tert-OH is 1. The van der Waals surface area contributed by atoms with Gasteiger partial charge in [-0.15, -0.1) is 0 Å². The molecule has 0 saturated carbocycles. The number of methoxy groups -OCH3 is 2. The van der Waals surface area contributed by atoms with Gasteiger partial charge in [0.1, 0.15) is 5.76 Å². The second kappa shape index (κ2) is 7.03. The number of rotatable bonds is 5. The molecule has 5 heteroatoms. The molecule has 1 rings (SSSR count). The maximum atomic E-state index is 11.1. The van der Waals surface area contributed by atoms with Crippen molar-refractivity contribution in [3.8, 4) is 0 Å². The molecule has 0 aliphatic heterocycles. The Bertz CT molecular complexity index is 442. The van der Waals surface area contributed by atoms with Gasteiger partial charge in [0.15, 0.2) is 0 Å². The minimum Gasteiger partial charge on any atom is -0.501 e. The highest BCUT2D eigenvalue weighted by molar-refractivity contribution is 6.30. The normalized spacial score (nSPS) is 13.0. The van der Waals surface area contributed by atoms with Gasteiger partial charge >= 0.3 is 5.97 Å². The van der Waals surface area contributed by atoms with Gasteiger partial charge in [-0.2, -0.15) is 0 Å². The van der Waals surface area contributed by atoms with Crippen LogP contribution >= 0.6 is 11.6 Å². The average Bonchev–Trinajstić information content (AvgIpc) is 2.37. The summed E-state index contributed by atoms with van der Waals surface area (Å²) in [6.45, 7) is 0. The van der Waals surface area contributed by atoms with Crippen molar-refractivity contribution in [2.45, 2.75) is 12.5 Å². The Morgan fingerprint density at radius 2 is 2.17 bits per heavy atom. The van der Waals surface area contributed by atoms with E-state index in [1.165, 1.54) is 20.3 Å². The van der Waals surface area contributed by atoms with Crippen molar-refractivity contribution in [3.05, 3.63) is 46.7 Å². The van der Waals surface area contributed by atoms with Crippen LogP contribution in [-0.2, 0) is 14.3 Å². The fraction of sp³-hybridized carbons (Fsp3) is 0.308. The highest BCUT2D eigenvalue weighted by atomic mass is 35.5. The summed E-state index contributed by atoms with van der Waals surface area (Å²) in [7, 11) is 2.71. The maximum absolute atomic E-state index is 11.1. The summed E-state index contributed by atoms with van der Waals surface area (Å²) in [6.07, 6.45) is 0.583. The number of carbonyl (C=O) groups excluding carboxylic acids is 1. The molecule has 98 valence electrons. The minimum atomic E-state index is -0.792. The third kappa shape index (κ3) is 4.39. The monoisotopic (exact) mass is 270 g/mol. The molecule has 1 unspecified atom stereocenters. The Labute approximate surface area is 111 Å². The van der Waals surface area contributed by atoms with Crippen molar-refractivity contribution < 1.29 is 19.4 Å². The lowest BCUT2D eigenvalue weighted by Crippen LogP contribution is -2.04. The van der Waals surface area contributed by atoms with Gasteiger partial charge in [-0.05, 0) is 17.7 Å². The number of benzene rings is 1. The Hall–Kier alpha value is -1.52.